The van der Waals surface area contributed by atoms with E-state index in [-0.39, 0.29) is 0 Å². The Morgan fingerprint density at radius 3 is 1.53 bits per heavy atom. The fraction of sp³-hybridized carbons (Fsp3) is 0. The fourth-order valence-electron chi connectivity index (χ4n) is 9.91. The summed E-state index contributed by atoms with van der Waals surface area (Å²) in [5, 5.41) is 7.51. The molecule has 2 heteroatoms. The Morgan fingerprint density at radius 1 is 0.281 bits per heavy atom. The van der Waals surface area contributed by atoms with Crippen LogP contribution in [0.3, 0.4) is 0 Å². The predicted molar refractivity (Wildman–Crippen MR) is 272 cm³/mol. The second-order valence-corrected chi connectivity index (χ2v) is 16.4. The molecular weight excluding hydrogens is 773 g/mol. The van der Waals surface area contributed by atoms with Gasteiger partial charge in [-0.3, -0.25) is 0 Å². The number of aromatic nitrogens is 1. The van der Waals surface area contributed by atoms with Gasteiger partial charge in [0.1, 0.15) is 0 Å². The normalized spacial score (nSPS) is 11.4. The van der Waals surface area contributed by atoms with Gasteiger partial charge in [0.15, 0.2) is 0 Å². The van der Waals surface area contributed by atoms with Crippen molar-refractivity contribution in [1.29, 1.82) is 0 Å². The first-order chi connectivity index (χ1) is 31.8. The monoisotopic (exact) mass is 814 g/mol. The van der Waals surface area contributed by atoms with Gasteiger partial charge in [0.2, 0.25) is 0 Å². The number of fused-ring (bicyclic) bond motifs is 6. The van der Waals surface area contributed by atoms with Crippen LogP contribution in [0.1, 0.15) is 0 Å². The summed E-state index contributed by atoms with van der Waals surface area (Å²) in [6, 6.07) is 92.7. The van der Waals surface area contributed by atoms with Crippen LogP contribution in [0.15, 0.2) is 255 Å². The lowest BCUT2D eigenvalue weighted by Crippen LogP contribution is -2.11. The molecule has 1 heterocycles. The summed E-state index contributed by atoms with van der Waals surface area (Å²) in [6.07, 6.45) is 0. The van der Waals surface area contributed by atoms with E-state index in [2.05, 4.69) is 264 Å². The molecule has 0 saturated heterocycles. The van der Waals surface area contributed by atoms with Crippen LogP contribution in [0.5, 0.6) is 0 Å². The Morgan fingerprint density at radius 2 is 0.812 bits per heavy atom. The zero-order chi connectivity index (χ0) is 42.4. The molecule has 11 aromatic carbocycles. The zero-order valence-corrected chi connectivity index (χ0v) is 35.1. The largest absolute Gasteiger partial charge is 0.310 e. The summed E-state index contributed by atoms with van der Waals surface area (Å²) in [5.41, 5.74) is 16.2. The van der Waals surface area contributed by atoms with Gasteiger partial charge in [-0.15, -0.1) is 0 Å². The van der Waals surface area contributed by atoms with E-state index in [0.29, 0.717) is 0 Å². The van der Waals surface area contributed by atoms with Crippen molar-refractivity contribution in [3.63, 3.8) is 0 Å². The van der Waals surface area contributed by atoms with E-state index in [1.54, 1.807) is 0 Å². The van der Waals surface area contributed by atoms with Gasteiger partial charge in [0.05, 0.1) is 22.4 Å². The lowest BCUT2D eigenvalue weighted by atomic mass is 9.92. The summed E-state index contributed by atoms with van der Waals surface area (Å²) in [4.78, 5) is 2.43. The molecule has 0 fully saturated rings. The molecule has 1 aromatic heterocycles. The maximum absolute atomic E-state index is 2.45. The van der Waals surface area contributed by atoms with E-state index in [4.69, 9.17) is 0 Å². The Bertz CT molecular complexity index is 3610. The lowest BCUT2D eigenvalue weighted by Gasteiger charge is -2.29. The summed E-state index contributed by atoms with van der Waals surface area (Å²) < 4.78 is 2.45. The first-order valence-electron chi connectivity index (χ1n) is 22.0. The smallest absolute Gasteiger partial charge is 0.0546 e. The SMILES string of the molecule is c1ccc(-c2ccccc2N(c2ccc(-c3c(-c4ccccc4)cccc3-n3c4ccccc4c4ccccc43)cc2)c2cccc(-c3cc4ccccc4c4ccccc34)c2)cc1. The average Bonchev–Trinajstić information content (AvgIpc) is 3.71. The highest BCUT2D eigenvalue weighted by Crippen LogP contribution is 2.46. The van der Waals surface area contributed by atoms with Crippen molar-refractivity contribution >= 4 is 60.4 Å². The van der Waals surface area contributed by atoms with E-state index in [1.165, 1.54) is 76.7 Å². The third-order valence-corrected chi connectivity index (χ3v) is 12.8. The number of benzene rings is 11. The van der Waals surface area contributed by atoms with Gasteiger partial charge in [0, 0.05) is 33.3 Å². The van der Waals surface area contributed by atoms with Crippen molar-refractivity contribution in [2.45, 2.75) is 0 Å². The van der Waals surface area contributed by atoms with Crippen LogP contribution in [0.4, 0.5) is 17.1 Å². The van der Waals surface area contributed by atoms with Crippen molar-refractivity contribution in [2.24, 2.45) is 0 Å². The fourth-order valence-corrected chi connectivity index (χ4v) is 9.91. The molecule has 0 aliphatic rings. The molecular formula is C62H42N2. The molecule has 0 aliphatic carbocycles. The molecule has 0 amide bonds. The lowest BCUT2D eigenvalue weighted by molar-refractivity contribution is 1.18. The third-order valence-electron chi connectivity index (χ3n) is 12.8. The molecule has 0 atom stereocenters. The van der Waals surface area contributed by atoms with Crippen molar-refractivity contribution < 1.29 is 0 Å². The minimum Gasteiger partial charge on any atom is -0.310 e. The molecule has 300 valence electrons. The van der Waals surface area contributed by atoms with E-state index in [0.717, 1.165) is 33.9 Å². The molecule has 2 nitrogen and oxygen atoms in total. The van der Waals surface area contributed by atoms with Gasteiger partial charge < -0.3 is 9.47 Å². The third kappa shape index (κ3) is 6.35. The van der Waals surface area contributed by atoms with E-state index < -0.39 is 0 Å². The standard InChI is InChI=1S/C62H42N2/c1-3-19-43(20-4-1)51-27-11-14-33-58(51)63(49-25-17-24-46(41-49)57-42-47-23-7-8-26-50(47)53-28-9-10-29-54(53)57)48-39-37-45(38-40-48)62-52(44-21-5-2-6-22-44)32-18-36-61(62)64-59-34-15-12-30-55(59)56-31-13-16-35-60(56)64/h1-42H. The summed E-state index contributed by atoms with van der Waals surface area (Å²) in [7, 11) is 0. The van der Waals surface area contributed by atoms with Crippen molar-refractivity contribution in [3.05, 3.63) is 255 Å². The van der Waals surface area contributed by atoms with Crippen LogP contribution in [-0.2, 0) is 0 Å². The van der Waals surface area contributed by atoms with Gasteiger partial charge in [0.25, 0.3) is 0 Å². The number of nitrogens with zero attached hydrogens (tertiary/aromatic N) is 2. The molecule has 0 aliphatic heterocycles. The number of hydrogen-bond donors (Lipinski definition) is 0. The first-order valence-corrected chi connectivity index (χ1v) is 22.0. The number of rotatable bonds is 8. The maximum Gasteiger partial charge on any atom is 0.0546 e. The maximum atomic E-state index is 2.45. The van der Waals surface area contributed by atoms with Gasteiger partial charge in [-0.05, 0) is 110 Å². The van der Waals surface area contributed by atoms with E-state index in [9.17, 15) is 0 Å². The average molecular weight is 815 g/mol. The molecule has 0 saturated carbocycles. The molecule has 0 N–H and O–H groups in total. The highest BCUT2D eigenvalue weighted by atomic mass is 15.1. The van der Waals surface area contributed by atoms with Gasteiger partial charge in [-0.2, -0.15) is 0 Å². The Kier molecular flexibility index (Phi) is 9.20. The van der Waals surface area contributed by atoms with Gasteiger partial charge in [-0.25, -0.2) is 0 Å². The van der Waals surface area contributed by atoms with Crippen LogP contribution >= 0.6 is 0 Å². The first kappa shape index (κ1) is 37.3. The molecule has 0 radical (unpaired) electrons. The van der Waals surface area contributed by atoms with Crippen molar-refractivity contribution in [2.75, 3.05) is 4.90 Å². The second kappa shape index (κ2) is 15.8. The van der Waals surface area contributed by atoms with Crippen LogP contribution in [0.25, 0.3) is 93.5 Å². The Labute approximate surface area is 373 Å². The van der Waals surface area contributed by atoms with Crippen LogP contribution in [-0.4, -0.2) is 4.57 Å². The molecule has 0 bridgehead atoms. The number of para-hydroxylation sites is 3. The molecule has 64 heavy (non-hydrogen) atoms. The molecule has 12 rings (SSSR count). The molecule has 0 spiro atoms. The minimum atomic E-state index is 1.07. The molecule has 0 unspecified atom stereocenters. The quantitative estimate of drug-likeness (QED) is 0.139. The predicted octanol–water partition coefficient (Wildman–Crippen LogP) is 17.2. The van der Waals surface area contributed by atoms with Gasteiger partial charge >= 0.3 is 0 Å². The van der Waals surface area contributed by atoms with E-state index >= 15 is 0 Å². The highest BCUT2D eigenvalue weighted by molar-refractivity contribution is 6.14. The summed E-state index contributed by atoms with van der Waals surface area (Å²) in [6.45, 7) is 0. The van der Waals surface area contributed by atoms with Crippen LogP contribution in [0.2, 0.25) is 0 Å². The topological polar surface area (TPSA) is 8.17 Å². The van der Waals surface area contributed by atoms with Gasteiger partial charge in [-0.1, -0.05) is 200 Å². The van der Waals surface area contributed by atoms with Crippen molar-refractivity contribution in [1.82, 2.24) is 4.57 Å². The Balaban J connectivity index is 1.06. The molecule has 12 aromatic rings. The highest BCUT2D eigenvalue weighted by Gasteiger charge is 2.22. The van der Waals surface area contributed by atoms with Crippen LogP contribution in [0, 0.1) is 0 Å². The minimum absolute atomic E-state index is 1.07. The summed E-state index contributed by atoms with van der Waals surface area (Å²) >= 11 is 0. The second-order valence-electron chi connectivity index (χ2n) is 16.4. The zero-order valence-electron chi connectivity index (χ0n) is 35.1. The van der Waals surface area contributed by atoms with Crippen LogP contribution < -0.4 is 4.90 Å². The number of anilines is 3. The number of hydrogen-bond acceptors (Lipinski definition) is 1. The Hall–Kier alpha value is -8.46. The van der Waals surface area contributed by atoms with E-state index in [1.807, 2.05) is 0 Å². The van der Waals surface area contributed by atoms with Crippen molar-refractivity contribution in [3.8, 4) is 50.2 Å². The summed E-state index contributed by atoms with van der Waals surface area (Å²) in [5.74, 6) is 0.